The van der Waals surface area contributed by atoms with E-state index in [9.17, 15) is 8.42 Å². The molecule has 0 unspecified atom stereocenters. The monoisotopic (exact) mass is 528 g/mol. The molecule has 1 aliphatic carbocycles. The fraction of sp³-hybridized carbons (Fsp3) is 0.444. The molecule has 1 aromatic heterocycles. The number of thioether (sulfide) groups is 1. The summed E-state index contributed by atoms with van der Waals surface area (Å²) in [6.45, 7) is 2.03. The summed E-state index contributed by atoms with van der Waals surface area (Å²) in [6.07, 6.45) is 9.60. The average molecular weight is 529 g/mol. The molecule has 2 heterocycles. The van der Waals surface area contributed by atoms with Gasteiger partial charge in [0.25, 0.3) is 0 Å². The molecule has 9 heteroatoms. The first-order valence-corrected chi connectivity index (χ1v) is 15.1. The van der Waals surface area contributed by atoms with Crippen molar-refractivity contribution in [3.63, 3.8) is 0 Å². The third kappa shape index (κ3) is 7.59. The zero-order valence-corrected chi connectivity index (χ0v) is 22.5. The summed E-state index contributed by atoms with van der Waals surface area (Å²) in [7, 11) is -1.83. The van der Waals surface area contributed by atoms with Crippen molar-refractivity contribution >= 4 is 38.8 Å². The van der Waals surface area contributed by atoms with E-state index in [-0.39, 0.29) is 6.04 Å². The molecule has 2 aromatic carbocycles. The van der Waals surface area contributed by atoms with Crippen LogP contribution in [0, 0.1) is 0 Å². The van der Waals surface area contributed by atoms with Crippen LogP contribution in [0.2, 0.25) is 0 Å². The lowest BCUT2D eigenvalue weighted by Gasteiger charge is -2.20. The van der Waals surface area contributed by atoms with E-state index < -0.39 is 10.3 Å². The highest BCUT2D eigenvalue weighted by molar-refractivity contribution is 7.99. The van der Waals surface area contributed by atoms with Crippen LogP contribution in [-0.2, 0) is 10.3 Å². The molecule has 0 atom stereocenters. The van der Waals surface area contributed by atoms with Crippen LogP contribution in [0.1, 0.15) is 44.9 Å². The molecule has 5 rings (SSSR count). The van der Waals surface area contributed by atoms with Gasteiger partial charge < -0.3 is 9.47 Å². The lowest BCUT2D eigenvalue weighted by atomic mass is 9.96. The second-order valence-corrected chi connectivity index (χ2v) is 11.6. The molecule has 194 valence electrons. The van der Waals surface area contributed by atoms with Crippen LogP contribution >= 0.6 is 11.8 Å². The molecule has 0 amide bonds. The minimum Gasteiger partial charge on any atom is -0.363 e. The second kappa shape index (κ2) is 12.8. The predicted octanol–water partition coefficient (Wildman–Crippen LogP) is 5.56. The smallest absolute Gasteiger partial charge is 0.333 e. The predicted molar refractivity (Wildman–Crippen MR) is 150 cm³/mol. The van der Waals surface area contributed by atoms with Crippen LogP contribution in [0.25, 0.3) is 16.6 Å². The van der Waals surface area contributed by atoms with Gasteiger partial charge in [0.15, 0.2) is 0 Å². The van der Waals surface area contributed by atoms with E-state index in [1.807, 2.05) is 11.8 Å². The van der Waals surface area contributed by atoms with Crippen LogP contribution < -0.4 is 4.72 Å². The van der Waals surface area contributed by atoms with Gasteiger partial charge >= 0.3 is 10.3 Å². The number of benzene rings is 2. The zero-order valence-electron chi connectivity index (χ0n) is 20.8. The van der Waals surface area contributed by atoms with E-state index in [2.05, 4.69) is 82.0 Å². The number of fused-ring (bicyclic) bond motifs is 1. The Morgan fingerprint density at radius 1 is 1.03 bits per heavy atom. The summed E-state index contributed by atoms with van der Waals surface area (Å²) in [5.41, 5.74) is 2.47. The van der Waals surface area contributed by atoms with Crippen LogP contribution in [0.3, 0.4) is 0 Å². The number of hydrogen-bond acceptors (Lipinski definition) is 4. The SMILES string of the molecule is CN1CCCC1=NCCSc1cn(-c2ccccc2)c2ccccc12.O=S(=O)(O)NC1CCCCC1. The van der Waals surface area contributed by atoms with E-state index >= 15 is 0 Å². The Morgan fingerprint density at radius 3 is 2.44 bits per heavy atom. The maximum absolute atomic E-state index is 10.3. The van der Waals surface area contributed by atoms with Crippen LogP contribution in [-0.4, -0.2) is 60.2 Å². The molecule has 0 bridgehead atoms. The van der Waals surface area contributed by atoms with E-state index in [1.54, 1.807) is 0 Å². The van der Waals surface area contributed by atoms with Crippen molar-refractivity contribution in [2.45, 2.75) is 55.9 Å². The number of aliphatic imine (C=N–C) groups is 1. The quantitative estimate of drug-likeness (QED) is 0.238. The normalized spacial score (nSPS) is 17.9. The number of likely N-dealkylation sites (tertiary alicyclic amines) is 1. The summed E-state index contributed by atoms with van der Waals surface area (Å²) in [5.74, 6) is 2.28. The van der Waals surface area contributed by atoms with Crippen molar-refractivity contribution in [3.8, 4) is 5.69 Å². The summed E-state index contributed by atoms with van der Waals surface area (Å²) < 4.78 is 33.6. The van der Waals surface area contributed by atoms with Gasteiger partial charge in [0.1, 0.15) is 0 Å². The summed E-state index contributed by atoms with van der Waals surface area (Å²) in [5, 5.41) is 1.32. The largest absolute Gasteiger partial charge is 0.363 e. The summed E-state index contributed by atoms with van der Waals surface area (Å²) >= 11 is 1.90. The van der Waals surface area contributed by atoms with Gasteiger partial charge in [-0.15, -0.1) is 11.8 Å². The van der Waals surface area contributed by atoms with Crippen molar-refractivity contribution in [1.29, 1.82) is 0 Å². The van der Waals surface area contributed by atoms with E-state index in [1.165, 1.54) is 40.2 Å². The number of aromatic nitrogens is 1. The molecule has 2 fully saturated rings. The fourth-order valence-corrected chi connectivity index (χ4v) is 6.39. The van der Waals surface area contributed by atoms with Gasteiger partial charge in [-0.25, -0.2) is 0 Å². The molecular weight excluding hydrogens is 492 g/mol. The topological polar surface area (TPSA) is 86.9 Å². The highest BCUT2D eigenvalue weighted by Gasteiger charge is 2.17. The van der Waals surface area contributed by atoms with Crippen molar-refractivity contribution < 1.29 is 13.0 Å². The Balaban J connectivity index is 0.000000233. The van der Waals surface area contributed by atoms with Gasteiger partial charge in [0, 0.05) is 54.0 Å². The molecule has 36 heavy (non-hydrogen) atoms. The zero-order chi connectivity index (χ0) is 25.4. The first-order valence-electron chi connectivity index (χ1n) is 12.7. The molecule has 7 nitrogen and oxygen atoms in total. The first-order chi connectivity index (χ1) is 17.4. The Bertz CT molecular complexity index is 1250. The first kappa shape index (κ1) is 26.7. The number of nitrogens with zero attached hydrogens (tertiary/aromatic N) is 3. The summed E-state index contributed by atoms with van der Waals surface area (Å²) in [6, 6.07) is 19.1. The van der Waals surface area contributed by atoms with Gasteiger partial charge in [-0.2, -0.15) is 13.1 Å². The van der Waals surface area contributed by atoms with Crippen molar-refractivity contribution in [2.24, 2.45) is 4.99 Å². The van der Waals surface area contributed by atoms with Gasteiger partial charge in [-0.05, 0) is 37.5 Å². The van der Waals surface area contributed by atoms with Gasteiger partial charge in [0.05, 0.1) is 17.9 Å². The van der Waals surface area contributed by atoms with E-state index in [4.69, 9.17) is 9.55 Å². The van der Waals surface area contributed by atoms with Crippen molar-refractivity contribution in [3.05, 3.63) is 60.8 Å². The molecule has 0 spiro atoms. The Hall–Kier alpha value is -2.33. The average Bonchev–Trinajstić information content (AvgIpc) is 3.46. The summed E-state index contributed by atoms with van der Waals surface area (Å²) in [4.78, 5) is 8.40. The minimum atomic E-state index is -3.97. The maximum Gasteiger partial charge on any atom is 0.333 e. The number of para-hydroxylation sites is 2. The van der Waals surface area contributed by atoms with Crippen LogP contribution in [0.4, 0.5) is 0 Å². The number of hydrogen-bond donors (Lipinski definition) is 2. The Kier molecular flexibility index (Phi) is 9.47. The number of amidine groups is 1. The van der Waals surface area contributed by atoms with Gasteiger partial charge in [-0.1, -0.05) is 55.7 Å². The molecule has 2 aliphatic rings. The molecular formula is C27H36N4O3S2. The second-order valence-electron chi connectivity index (χ2n) is 9.32. The molecule has 0 radical (unpaired) electrons. The maximum atomic E-state index is 10.3. The fourth-order valence-electron chi connectivity index (χ4n) is 4.82. The molecule has 2 N–H and O–H groups in total. The highest BCUT2D eigenvalue weighted by atomic mass is 32.2. The molecule has 1 saturated carbocycles. The van der Waals surface area contributed by atoms with Crippen molar-refractivity contribution in [2.75, 3.05) is 25.9 Å². The number of rotatable bonds is 7. The van der Waals surface area contributed by atoms with Crippen LogP contribution in [0.5, 0.6) is 0 Å². The lowest BCUT2D eigenvalue weighted by Crippen LogP contribution is -2.35. The van der Waals surface area contributed by atoms with E-state index in [0.717, 1.165) is 50.9 Å². The Labute approximate surface area is 218 Å². The third-order valence-electron chi connectivity index (χ3n) is 6.61. The van der Waals surface area contributed by atoms with Gasteiger partial charge in [0.2, 0.25) is 0 Å². The van der Waals surface area contributed by atoms with Crippen LogP contribution in [0.15, 0.2) is 70.7 Å². The Morgan fingerprint density at radius 2 is 1.75 bits per heavy atom. The highest BCUT2D eigenvalue weighted by Crippen LogP contribution is 2.32. The lowest BCUT2D eigenvalue weighted by molar-refractivity contribution is 0.389. The molecule has 1 aliphatic heterocycles. The van der Waals surface area contributed by atoms with Gasteiger partial charge in [-0.3, -0.25) is 9.55 Å². The third-order valence-corrected chi connectivity index (χ3v) is 8.26. The standard InChI is InChI=1S/C21H23N3S.C6H13NO3S/c1-23-14-7-12-21(23)22-13-15-25-20-16-24(17-8-3-2-4-9-17)19-11-6-5-10-18(19)20;8-11(9,10)7-6-4-2-1-3-5-6/h2-6,8-11,16H,7,12-15H2,1H3;6-7H,1-5H2,(H,8,9,10). The van der Waals surface area contributed by atoms with Crippen molar-refractivity contribution in [1.82, 2.24) is 14.2 Å². The molecule has 3 aromatic rings. The molecule has 1 saturated heterocycles. The number of nitrogens with one attached hydrogen (secondary N) is 1. The minimum absolute atomic E-state index is 0.0428. The van der Waals surface area contributed by atoms with E-state index in [0.29, 0.717) is 0 Å².